The van der Waals surface area contributed by atoms with E-state index in [9.17, 15) is 9.90 Å². The summed E-state index contributed by atoms with van der Waals surface area (Å²) in [5.74, 6) is -0.683. The minimum absolute atomic E-state index is 0.151. The highest BCUT2D eigenvalue weighted by atomic mass is 16.4. The molecular weight excluding hydrogens is 194 g/mol. The van der Waals surface area contributed by atoms with Crippen molar-refractivity contribution in [1.29, 1.82) is 0 Å². The predicted octanol–water partition coefficient (Wildman–Crippen LogP) is 1.24. The van der Waals surface area contributed by atoms with Crippen LogP contribution in [0.1, 0.15) is 40.0 Å². The molecule has 0 fully saturated rings. The number of aliphatic hydroxyl groups excluding tert-OH is 1. The molecule has 0 heterocycles. The van der Waals surface area contributed by atoms with Gasteiger partial charge in [0.15, 0.2) is 0 Å². The predicted molar refractivity (Wildman–Crippen MR) is 59.8 cm³/mol. The maximum absolute atomic E-state index is 10.8. The first-order valence-electron chi connectivity index (χ1n) is 5.63. The third-order valence-electron chi connectivity index (χ3n) is 2.49. The van der Waals surface area contributed by atoms with Crippen molar-refractivity contribution in [2.45, 2.75) is 52.2 Å². The molecule has 0 radical (unpaired) electrons. The zero-order chi connectivity index (χ0) is 11.8. The number of carbonyl (C=O) groups is 1. The average Bonchev–Trinajstić information content (AvgIpc) is 2.16. The summed E-state index contributed by atoms with van der Waals surface area (Å²) in [6.45, 7) is 6.20. The van der Waals surface area contributed by atoms with Crippen LogP contribution in [0, 0.1) is 5.92 Å². The Hall–Kier alpha value is -0.610. The normalized spacial score (nSPS) is 15.3. The standard InChI is InChI=1S/C11H23NO3/c1-4-5-6-9(11(14)15)12-7-10(13)8(2)3/h8-10,12-13H,4-7H2,1-3H3,(H,14,15). The Morgan fingerprint density at radius 3 is 2.40 bits per heavy atom. The highest BCUT2D eigenvalue weighted by Gasteiger charge is 2.18. The average molecular weight is 217 g/mol. The van der Waals surface area contributed by atoms with Gasteiger partial charge >= 0.3 is 5.97 Å². The molecule has 4 heteroatoms. The van der Waals surface area contributed by atoms with Gasteiger partial charge in [-0.3, -0.25) is 4.79 Å². The second-order valence-electron chi connectivity index (χ2n) is 4.25. The van der Waals surface area contributed by atoms with Crippen molar-refractivity contribution in [3.63, 3.8) is 0 Å². The van der Waals surface area contributed by atoms with E-state index in [1.165, 1.54) is 0 Å². The zero-order valence-electron chi connectivity index (χ0n) is 9.86. The van der Waals surface area contributed by atoms with E-state index in [0.717, 1.165) is 12.8 Å². The zero-order valence-corrected chi connectivity index (χ0v) is 9.86. The van der Waals surface area contributed by atoms with Gasteiger partial charge in [-0.2, -0.15) is 0 Å². The molecule has 0 amide bonds. The first kappa shape index (κ1) is 14.4. The van der Waals surface area contributed by atoms with Crippen LogP contribution in [0.25, 0.3) is 0 Å². The molecule has 2 unspecified atom stereocenters. The molecular formula is C11H23NO3. The molecule has 0 aliphatic heterocycles. The maximum atomic E-state index is 10.8. The molecule has 0 aromatic rings. The van der Waals surface area contributed by atoms with E-state index in [2.05, 4.69) is 5.32 Å². The van der Waals surface area contributed by atoms with Crippen molar-refractivity contribution in [2.24, 2.45) is 5.92 Å². The summed E-state index contributed by atoms with van der Waals surface area (Å²) in [4.78, 5) is 10.8. The molecule has 0 spiro atoms. The quantitative estimate of drug-likeness (QED) is 0.572. The van der Waals surface area contributed by atoms with Crippen LogP contribution < -0.4 is 5.32 Å². The smallest absolute Gasteiger partial charge is 0.320 e. The fourth-order valence-corrected chi connectivity index (χ4v) is 1.22. The van der Waals surface area contributed by atoms with Crippen LogP contribution in [0.15, 0.2) is 0 Å². The van der Waals surface area contributed by atoms with Crippen molar-refractivity contribution in [3.8, 4) is 0 Å². The Morgan fingerprint density at radius 1 is 1.40 bits per heavy atom. The Bertz CT molecular complexity index is 183. The molecule has 0 bridgehead atoms. The molecule has 90 valence electrons. The van der Waals surface area contributed by atoms with Crippen LogP contribution in [0.3, 0.4) is 0 Å². The van der Waals surface area contributed by atoms with Crippen molar-refractivity contribution >= 4 is 5.97 Å². The second-order valence-corrected chi connectivity index (χ2v) is 4.25. The molecule has 0 saturated heterocycles. The van der Waals surface area contributed by atoms with E-state index in [-0.39, 0.29) is 5.92 Å². The van der Waals surface area contributed by atoms with Crippen molar-refractivity contribution in [1.82, 2.24) is 5.32 Å². The number of carboxylic acids is 1. The van der Waals surface area contributed by atoms with Crippen LogP contribution in [-0.2, 0) is 4.79 Å². The molecule has 2 atom stereocenters. The number of rotatable bonds is 8. The molecule has 0 saturated carbocycles. The Kier molecular flexibility index (Phi) is 7.34. The fraction of sp³-hybridized carbons (Fsp3) is 0.909. The number of aliphatic hydroxyl groups is 1. The number of aliphatic carboxylic acids is 1. The summed E-state index contributed by atoms with van der Waals surface area (Å²) in [7, 11) is 0. The second kappa shape index (κ2) is 7.65. The molecule has 0 aliphatic carbocycles. The van der Waals surface area contributed by atoms with Gasteiger partial charge < -0.3 is 15.5 Å². The van der Waals surface area contributed by atoms with Gasteiger partial charge in [0.1, 0.15) is 6.04 Å². The minimum atomic E-state index is -0.834. The lowest BCUT2D eigenvalue weighted by atomic mass is 10.1. The highest BCUT2D eigenvalue weighted by Crippen LogP contribution is 2.03. The summed E-state index contributed by atoms with van der Waals surface area (Å²) in [5, 5.41) is 21.3. The van der Waals surface area contributed by atoms with E-state index < -0.39 is 18.1 Å². The summed E-state index contributed by atoms with van der Waals surface area (Å²) < 4.78 is 0. The van der Waals surface area contributed by atoms with E-state index in [0.29, 0.717) is 13.0 Å². The molecule has 0 aromatic heterocycles. The monoisotopic (exact) mass is 217 g/mol. The summed E-state index contributed by atoms with van der Waals surface area (Å²) in [5.41, 5.74) is 0. The van der Waals surface area contributed by atoms with Gasteiger partial charge in [-0.15, -0.1) is 0 Å². The van der Waals surface area contributed by atoms with E-state index in [4.69, 9.17) is 5.11 Å². The third-order valence-corrected chi connectivity index (χ3v) is 2.49. The number of nitrogens with one attached hydrogen (secondary N) is 1. The molecule has 4 nitrogen and oxygen atoms in total. The topological polar surface area (TPSA) is 69.6 Å². The molecule has 0 aliphatic rings. The van der Waals surface area contributed by atoms with Gasteiger partial charge in [0, 0.05) is 6.54 Å². The molecule has 0 aromatic carbocycles. The molecule has 15 heavy (non-hydrogen) atoms. The van der Waals surface area contributed by atoms with E-state index >= 15 is 0 Å². The first-order valence-corrected chi connectivity index (χ1v) is 5.63. The summed E-state index contributed by atoms with van der Waals surface area (Å²) >= 11 is 0. The number of hydrogen-bond acceptors (Lipinski definition) is 3. The maximum Gasteiger partial charge on any atom is 0.320 e. The van der Waals surface area contributed by atoms with Crippen LogP contribution in [0.2, 0.25) is 0 Å². The van der Waals surface area contributed by atoms with Gasteiger partial charge in [-0.25, -0.2) is 0 Å². The van der Waals surface area contributed by atoms with Gasteiger partial charge in [0.2, 0.25) is 0 Å². The Morgan fingerprint density at radius 2 is 2.00 bits per heavy atom. The van der Waals surface area contributed by atoms with Crippen molar-refractivity contribution in [2.75, 3.05) is 6.54 Å². The highest BCUT2D eigenvalue weighted by molar-refractivity contribution is 5.73. The Labute approximate surface area is 91.7 Å². The largest absolute Gasteiger partial charge is 0.480 e. The number of hydrogen-bond donors (Lipinski definition) is 3. The van der Waals surface area contributed by atoms with Gasteiger partial charge in [0.25, 0.3) is 0 Å². The van der Waals surface area contributed by atoms with Crippen molar-refractivity contribution in [3.05, 3.63) is 0 Å². The fourth-order valence-electron chi connectivity index (χ4n) is 1.22. The lowest BCUT2D eigenvalue weighted by Crippen LogP contribution is -2.42. The minimum Gasteiger partial charge on any atom is -0.480 e. The first-order chi connectivity index (χ1) is 6.99. The lowest BCUT2D eigenvalue weighted by molar-refractivity contribution is -0.139. The lowest BCUT2D eigenvalue weighted by Gasteiger charge is -2.19. The molecule has 0 rings (SSSR count). The van der Waals surface area contributed by atoms with Gasteiger partial charge in [-0.1, -0.05) is 33.6 Å². The van der Waals surface area contributed by atoms with Crippen LogP contribution in [0.4, 0.5) is 0 Å². The van der Waals surface area contributed by atoms with Gasteiger partial charge in [0.05, 0.1) is 6.10 Å². The van der Waals surface area contributed by atoms with Crippen LogP contribution >= 0.6 is 0 Å². The van der Waals surface area contributed by atoms with Crippen molar-refractivity contribution < 1.29 is 15.0 Å². The summed E-state index contributed by atoms with van der Waals surface area (Å²) in [6, 6.07) is -0.529. The van der Waals surface area contributed by atoms with Crippen LogP contribution in [0.5, 0.6) is 0 Å². The van der Waals surface area contributed by atoms with Gasteiger partial charge in [-0.05, 0) is 12.3 Å². The number of carboxylic acid groups (broad SMARTS) is 1. The van der Waals surface area contributed by atoms with E-state index in [1.807, 2.05) is 20.8 Å². The Balaban J connectivity index is 3.90. The summed E-state index contributed by atoms with van der Waals surface area (Å²) in [6.07, 6.45) is 2.02. The third kappa shape index (κ3) is 6.47. The van der Waals surface area contributed by atoms with Crippen LogP contribution in [-0.4, -0.2) is 34.9 Å². The molecule has 3 N–H and O–H groups in total. The SMILES string of the molecule is CCCCC(NCC(O)C(C)C)C(=O)O. The van der Waals surface area contributed by atoms with E-state index in [1.54, 1.807) is 0 Å². The number of unbranched alkanes of at least 4 members (excludes halogenated alkanes) is 1.